The maximum Gasteiger partial charge on any atom is 0.306 e. The summed E-state index contributed by atoms with van der Waals surface area (Å²) in [6.45, 7) is 5.41. The van der Waals surface area contributed by atoms with Gasteiger partial charge in [-0.15, -0.1) is 0 Å². The molecule has 5 heteroatoms. The average Bonchev–Trinajstić information content (AvgIpc) is 1.94. The molecule has 0 aliphatic heterocycles. The smallest absolute Gasteiger partial charge is 0.306 e. The summed E-state index contributed by atoms with van der Waals surface area (Å²) < 4.78 is 25.4. The summed E-state index contributed by atoms with van der Waals surface area (Å²) in [5.41, 5.74) is -0.460. The monoisotopic (exact) mass is 221 g/mol. The third-order valence-corrected chi connectivity index (χ3v) is 1.98. The van der Waals surface area contributed by atoms with E-state index >= 15 is 0 Å². The lowest BCUT2D eigenvalue weighted by atomic mass is 10.2. The second-order valence-electron chi connectivity index (χ2n) is 4.05. The molecular formula is C9H17O4S-. The van der Waals surface area contributed by atoms with Crippen LogP contribution in [0.25, 0.3) is 0 Å². The van der Waals surface area contributed by atoms with E-state index in [1.165, 1.54) is 0 Å². The standard InChI is InChI=1S/C9H18O4S/c1-9(2,3)13-8(10)6-4-5-7-14(11)12/h4-7H2,1-3H3,(H,11,12)/p-1. The zero-order chi connectivity index (χ0) is 11.2. The minimum atomic E-state index is -2.00. The maximum atomic E-state index is 11.1. The Morgan fingerprint density at radius 1 is 1.36 bits per heavy atom. The quantitative estimate of drug-likeness (QED) is 0.399. The van der Waals surface area contributed by atoms with Crippen molar-refractivity contribution in [3.63, 3.8) is 0 Å². The molecule has 0 aliphatic rings. The van der Waals surface area contributed by atoms with Gasteiger partial charge >= 0.3 is 5.97 Å². The zero-order valence-electron chi connectivity index (χ0n) is 8.87. The van der Waals surface area contributed by atoms with Gasteiger partial charge in [0.2, 0.25) is 0 Å². The molecule has 0 heterocycles. The van der Waals surface area contributed by atoms with Crippen LogP contribution in [0.2, 0.25) is 0 Å². The molecule has 0 saturated carbocycles. The van der Waals surface area contributed by atoms with E-state index in [1.807, 2.05) is 0 Å². The summed E-state index contributed by atoms with van der Waals surface area (Å²) in [7, 11) is 0. The van der Waals surface area contributed by atoms with Crippen molar-refractivity contribution in [2.24, 2.45) is 0 Å². The predicted octanol–water partition coefficient (Wildman–Crippen LogP) is 1.38. The van der Waals surface area contributed by atoms with E-state index in [1.54, 1.807) is 20.8 Å². The number of carbonyl (C=O) groups excluding carboxylic acids is 1. The van der Waals surface area contributed by atoms with Gasteiger partial charge in [-0.25, -0.2) is 0 Å². The van der Waals surface area contributed by atoms with Crippen molar-refractivity contribution >= 4 is 17.0 Å². The summed E-state index contributed by atoms with van der Waals surface area (Å²) in [5.74, 6) is -0.155. The summed E-state index contributed by atoms with van der Waals surface area (Å²) >= 11 is -2.00. The third-order valence-electron chi connectivity index (χ3n) is 1.36. The van der Waals surface area contributed by atoms with Gasteiger partial charge in [-0.2, -0.15) is 0 Å². The van der Waals surface area contributed by atoms with Gasteiger partial charge in [-0.05, 0) is 33.6 Å². The van der Waals surface area contributed by atoms with Gasteiger partial charge in [0.05, 0.1) is 0 Å². The first-order valence-corrected chi connectivity index (χ1v) is 5.83. The van der Waals surface area contributed by atoms with Crippen LogP contribution in [0.5, 0.6) is 0 Å². The van der Waals surface area contributed by atoms with Crippen LogP contribution < -0.4 is 0 Å². The highest BCUT2D eigenvalue weighted by Gasteiger charge is 2.15. The molecule has 0 aromatic heterocycles. The third kappa shape index (κ3) is 9.67. The molecule has 0 aliphatic carbocycles. The zero-order valence-corrected chi connectivity index (χ0v) is 9.69. The highest BCUT2D eigenvalue weighted by atomic mass is 32.2. The van der Waals surface area contributed by atoms with Gasteiger partial charge < -0.3 is 9.29 Å². The molecule has 1 atom stereocenters. The van der Waals surface area contributed by atoms with E-state index < -0.39 is 16.7 Å². The second kappa shape index (κ2) is 6.14. The normalized spacial score (nSPS) is 13.7. The molecule has 1 unspecified atom stereocenters. The lowest BCUT2D eigenvalue weighted by Crippen LogP contribution is -2.23. The van der Waals surface area contributed by atoms with Crippen molar-refractivity contribution in [1.29, 1.82) is 0 Å². The summed E-state index contributed by atoms with van der Waals surface area (Å²) in [5, 5.41) is 0. The molecule has 0 spiro atoms. The molecule has 0 aromatic carbocycles. The van der Waals surface area contributed by atoms with E-state index in [0.717, 1.165) is 0 Å². The van der Waals surface area contributed by atoms with Crippen LogP contribution in [-0.2, 0) is 20.6 Å². The summed E-state index contributed by atoms with van der Waals surface area (Å²) in [6, 6.07) is 0. The average molecular weight is 221 g/mol. The molecule has 0 saturated heterocycles. The lowest BCUT2D eigenvalue weighted by Gasteiger charge is -2.19. The van der Waals surface area contributed by atoms with E-state index in [0.29, 0.717) is 12.8 Å². The molecule has 0 N–H and O–H groups in total. The van der Waals surface area contributed by atoms with Crippen molar-refractivity contribution < 1.29 is 18.3 Å². The highest BCUT2D eigenvalue weighted by molar-refractivity contribution is 7.79. The summed E-state index contributed by atoms with van der Waals surface area (Å²) in [6.07, 6.45) is 1.35. The van der Waals surface area contributed by atoms with Crippen molar-refractivity contribution in [1.82, 2.24) is 0 Å². The van der Waals surface area contributed by atoms with Crippen molar-refractivity contribution in [3.05, 3.63) is 0 Å². The molecule has 84 valence electrons. The van der Waals surface area contributed by atoms with Gasteiger partial charge in [0, 0.05) is 12.2 Å². The van der Waals surface area contributed by atoms with E-state index in [-0.39, 0.29) is 18.1 Å². The fraction of sp³-hybridized carbons (Fsp3) is 0.889. The first-order valence-electron chi connectivity index (χ1n) is 4.59. The van der Waals surface area contributed by atoms with Crippen LogP contribution in [0.15, 0.2) is 0 Å². The predicted molar refractivity (Wildman–Crippen MR) is 53.5 cm³/mol. The van der Waals surface area contributed by atoms with Crippen molar-refractivity contribution in [3.8, 4) is 0 Å². The van der Waals surface area contributed by atoms with Gasteiger partial charge in [-0.1, -0.05) is 11.1 Å². The molecule has 0 rings (SSSR count). The Labute approximate surface area is 87.3 Å². The largest absolute Gasteiger partial charge is 0.772 e. The van der Waals surface area contributed by atoms with E-state index in [4.69, 9.17) is 4.74 Å². The molecule has 0 radical (unpaired) electrons. The van der Waals surface area contributed by atoms with Gasteiger partial charge in [0.15, 0.2) is 0 Å². The molecule has 0 fully saturated rings. The molecular weight excluding hydrogens is 204 g/mol. The number of hydrogen-bond acceptors (Lipinski definition) is 4. The SMILES string of the molecule is CC(C)(C)OC(=O)CCCCS(=O)[O-]. The van der Waals surface area contributed by atoms with Gasteiger partial charge in [-0.3, -0.25) is 9.00 Å². The van der Waals surface area contributed by atoms with E-state index in [2.05, 4.69) is 0 Å². The topological polar surface area (TPSA) is 66.4 Å². The van der Waals surface area contributed by atoms with Crippen LogP contribution in [0.1, 0.15) is 40.0 Å². The fourth-order valence-corrected chi connectivity index (χ4v) is 1.32. The number of ether oxygens (including phenoxy) is 1. The van der Waals surface area contributed by atoms with Crippen molar-refractivity contribution in [2.75, 3.05) is 5.75 Å². The minimum absolute atomic E-state index is 0.114. The van der Waals surface area contributed by atoms with Crippen LogP contribution in [-0.4, -0.2) is 26.1 Å². The van der Waals surface area contributed by atoms with Crippen LogP contribution in [0.3, 0.4) is 0 Å². The van der Waals surface area contributed by atoms with Crippen molar-refractivity contribution in [2.45, 2.75) is 45.6 Å². The molecule has 14 heavy (non-hydrogen) atoms. The number of hydrogen-bond donors (Lipinski definition) is 0. The number of esters is 1. The second-order valence-corrected chi connectivity index (χ2v) is 5.07. The Morgan fingerprint density at radius 2 is 1.93 bits per heavy atom. The number of carbonyl (C=O) groups is 1. The van der Waals surface area contributed by atoms with E-state index in [9.17, 15) is 13.6 Å². The summed E-state index contributed by atoms with van der Waals surface area (Å²) in [4.78, 5) is 11.1. The highest BCUT2D eigenvalue weighted by Crippen LogP contribution is 2.09. The van der Waals surface area contributed by atoms with Gasteiger partial charge in [0.25, 0.3) is 0 Å². The Hall–Kier alpha value is -0.420. The lowest BCUT2D eigenvalue weighted by molar-refractivity contribution is -0.154. The van der Waals surface area contributed by atoms with Gasteiger partial charge in [0.1, 0.15) is 5.60 Å². The molecule has 4 nitrogen and oxygen atoms in total. The van der Waals surface area contributed by atoms with Crippen LogP contribution in [0, 0.1) is 0 Å². The molecule has 0 amide bonds. The minimum Gasteiger partial charge on any atom is -0.772 e. The Balaban J connectivity index is 3.50. The Kier molecular flexibility index (Phi) is 5.95. The van der Waals surface area contributed by atoms with Crippen LogP contribution in [0.4, 0.5) is 0 Å². The molecule has 0 bridgehead atoms. The first kappa shape index (κ1) is 13.6. The first-order chi connectivity index (χ1) is 6.31. The molecule has 0 aromatic rings. The number of unbranched alkanes of at least 4 members (excludes halogenated alkanes) is 1. The Bertz CT molecular complexity index is 207. The van der Waals surface area contributed by atoms with Crippen LogP contribution >= 0.6 is 0 Å². The maximum absolute atomic E-state index is 11.1. The number of rotatable bonds is 5. The Morgan fingerprint density at radius 3 is 2.36 bits per heavy atom. The fourth-order valence-electron chi connectivity index (χ4n) is 0.882.